The molecule has 20 heavy (non-hydrogen) atoms. The number of nitrogens with one attached hydrogen (secondary N) is 1. The van der Waals surface area contributed by atoms with E-state index in [1.54, 1.807) is 12.3 Å². The lowest BCUT2D eigenvalue weighted by molar-refractivity contribution is 0.0781. The van der Waals surface area contributed by atoms with Crippen LogP contribution in [0.1, 0.15) is 22.5 Å². The zero-order valence-electron chi connectivity index (χ0n) is 11.1. The van der Waals surface area contributed by atoms with E-state index in [0.29, 0.717) is 11.6 Å². The minimum atomic E-state index is 0.0427. The number of benzene rings is 1. The van der Waals surface area contributed by atoms with Gasteiger partial charge in [-0.05, 0) is 42.5 Å². The number of hydrogen-bond acceptors (Lipinski definition) is 2. The van der Waals surface area contributed by atoms with Crippen LogP contribution < -0.4 is 0 Å². The van der Waals surface area contributed by atoms with Gasteiger partial charge in [-0.1, -0.05) is 23.7 Å². The van der Waals surface area contributed by atoms with Gasteiger partial charge in [0.15, 0.2) is 0 Å². The van der Waals surface area contributed by atoms with Crippen molar-refractivity contribution in [1.82, 2.24) is 15.1 Å². The fraction of sp³-hybridized carbons (Fsp3) is 0.333. The maximum Gasteiger partial charge on any atom is 0.271 e. The third kappa shape index (κ3) is 2.85. The first-order valence-corrected chi connectivity index (χ1v) is 7.13. The van der Waals surface area contributed by atoms with Crippen molar-refractivity contribution in [3.63, 3.8) is 0 Å². The molecule has 1 aliphatic rings. The molecule has 0 saturated carbocycles. The Morgan fingerprint density at radius 1 is 1.35 bits per heavy atom. The lowest BCUT2D eigenvalue weighted by Gasteiger charge is -2.15. The van der Waals surface area contributed by atoms with Gasteiger partial charge in [0.2, 0.25) is 0 Å². The van der Waals surface area contributed by atoms with Gasteiger partial charge in [0.25, 0.3) is 5.91 Å². The van der Waals surface area contributed by atoms with Gasteiger partial charge in [-0.25, -0.2) is 0 Å². The number of likely N-dealkylation sites (tertiary alicyclic amines) is 1. The Balaban J connectivity index is 1.59. The third-order valence-electron chi connectivity index (χ3n) is 3.74. The minimum absolute atomic E-state index is 0.0427. The lowest BCUT2D eigenvalue weighted by atomic mass is 9.99. The van der Waals surface area contributed by atoms with E-state index in [9.17, 15) is 4.79 Å². The number of H-pyrrole nitrogens is 1. The molecule has 1 amide bonds. The van der Waals surface area contributed by atoms with Crippen LogP contribution >= 0.6 is 11.6 Å². The van der Waals surface area contributed by atoms with Gasteiger partial charge < -0.3 is 4.90 Å². The first kappa shape index (κ1) is 13.2. The van der Waals surface area contributed by atoms with Crippen LogP contribution in [-0.2, 0) is 6.42 Å². The van der Waals surface area contributed by atoms with Gasteiger partial charge in [0.1, 0.15) is 5.69 Å². The number of aromatic nitrogens is 2. The molecular formula is C15H16ClN3O. The van der Waals surface area contributed by atoms with E-state index in [1.165, 1.54) is 5.56 Å². The quantitative estimate of drug-likeness (QED) is 0.944. The van der Waals surface area contributed by atoms with Crippen LogP contribution in [0, 0.1) is 5.92 Å². The van der Waals surface area contributed by atoms with E-state index in [1.807, 2.05) is 17.0 Å². The Bertz CT molecular complexity index is 580. The summed E-state index contributed by atoms with van der Waals surface area (Å²) in [6, 6.07) is 9.66. The highest BCUT2D eigenvalue weighted by Gasteiger charge is 2.27. The number of aromatic amines is 1. The maximum atomic E-state index is 12.2. The van der Waals surface area contributed by atoms with E-state index in [-0.39, 0.29) is 5.91 Å². The molecule has 1 N–H and O–H groups in total. The molecule has 0 bridgehead atoms. The van der Waals surface area contributed by atoms with Crippen LogP contribution in [0.4, 0.5) is 0 Å². The summed E-state index contributed by atoms with van der Waals surface area (Å²) in [6.45, 7) is 1.62. The van der Waals surface area contributed by atoms with Crippen LogP contribution in [-0.4, -0.2) is 34.1 Å². The van der Waals surface area contributed by atoms with E-state index in [0.717, 1.165) is 31.0 Å². The molecule has 1 aliphatic heterocycles. The van der Waals surface area contributed by atoms with Gasteiger partial charge in [-0.3, -0.25) is 9.89 Å². The number of carbonyl (C=O) groups is 1. The molecule has 2 heterocycles. The largest absolute Gasteiger partial charge is 0.337 e. The third-order valence-corrected chi connectivity index (χ3v) is 3.99. The van der Waals surface area contributed by atoms with Crippen LogP contribution in [0.5, 0.6) is 0 Å². The van der Waals surface area contributed by atoms with Crippen LogP contribution in [0.15, 0.2) is 36.5 Å². The topological polar surface area (TPSA) is 49.0 Å². The molecule has 0 spiro atoms. The number of carbonyl (C=O) groups excluding carboxylic acids is 1. The summed E-state index contributed by atoms with van der Waals surface area (Å²) < 4.78 is 0. The molecule has 4 nitrogen and oxygen atoms in total. The average molecular weight is 290 g/mol. The van der Waals surface area contributed by atoms with Crippen molar-refractivity contribution >= 4 is 17.5 Å². The van der Waals surface area contributed by atoms with E-state index < -0.39 is 0 Å². The predicted octanol–water partition coefficient (Wildman–Crippen LogP) is 2.77. The molecule has 1 unspecified atom stereocenters. The standard InChI is InChI=1S/C15H16ClN3O/c16-13-3-1-11(2-4-13)9-12-6-8-19(10-12)15(20)14-5-7-17-18-14/h1-5,7,12H,6,8-10H2,(H,17,18). The van der Waals surface area contributed by atoms with Gasteiger partial charge in [-0.2, -0.15) is 5.10 Å². The second-order valence-electron chi connectivity index (χ2n) is 5.21. The normalized spacial score (nSPS) is 18.4. The van der Waals surface area contributed by atoms with Crippen molar-refractivity contribution in [2.24, 2.45) is 5.92 Å². The van der Waals surface area contributed by atoms with Crippen LogP contribution in [0.3, 0.4) is 0 Å². The zero-order chi connectivity index (χ0) is 13.9. The van der Waals surface area contributed by atoms with E-state index in [4.69, 9.17) is 11.6 Å². The van der Waals surface area contributed by atoms with Crippen molar-refractivity contribution in [1.29, 1.82) is 0 Å². The average Bonchev–Trinajstić information content (AvgIpc) is 3.12. The summed E-state index contributed by atoms with van der Waals surface area (Å²) in [4.78, 5) is 14.1. The Morgan fingerprint density at radius 2 is 2.15 bits per heavy atom. The molecule has 3 rings (SSSR count). The molecule has 104 valence electrons. The van der Waals surface area contributed by atoms with Crippen molar-refractivity contribution in [3.8, 4) is 0 Å². The molecular weight excluding hydrogens is 274 g/mol. The molecule has 0 radical (unpaired) electrons. The second-order valence-corrected chi connectivity index (χ2v) is 5.64. The van der Waals surface area contributed by atoms with Crippen molar-refractivity contribution in [2.45, 2.75) is 12.8 Å². The van der Waals surface area contributed by atoms with Crippen molar-refractivity contribution in [2.75, 3.05) is 13.1 Å². The molecule has 1 atom stereocenters. The molecule has 1 fully saturated rings. The molecule has 1 aromatic heterocycles. The number of halogens is 1. The maximum absolute atomic E-state index is 12.2. The minimum Gasteiger partial charge on any atom is -0.337 e. The SMILES string of the molecule is O=C(c1ccn[nH]1)N1CCC(Cc2ccc(Cl)cc2)C1. The molecule has 1 saturated heterocycles. The highest BCUT2D eigenvalue weighted by Crippen LogP contribution is 2.22. The number of nitrogens with zero attached hydrogens (tertiary/aromatic N) is 2. The first-order chi connectivity index (χ1) is 9.72. The van der Waals surface area contributed by atoms with Crippen LogP contribution in [0.25, 0.3) is 0 Å². The highest BCUT2D eigenvalue weighted by molar-refractivity contribution is 6.30. The smallest absolute Gasteiger partial charge is 0.271 e. The Kier molecular flexibility index (Phi) is 3.74. The summed E-state index contributed by atoms with van der Waals surface area (Å²) in [5.74, 6) is 0.559. The zero-order valence-corrected chi connectivity index (χ0v) is 11.8. The van der Waals surface area contributed by atoms with E-state index >= 15 is 0 Å². The fourth-order valence-electron chi connectivity index (χ4n) is 2.68. The van der Waals surface area contributed by atoms with Gasteiger partial charge in [0.05, 0.1) is 0 Å². The number of amides is 1. The summed E-state index contributed by atoms with van der Waals surface area (Å²) in [5, 5.41) is 7.31. The Hall–Kier alpha value is -1.81. The van der Waals surface area contributed by atoms with Crippen LogP contribution in [0.2, 0.25) is 5.02 Å². The van der Waals surface area contributed by atoms with Gasteiger partial charge >= 0.3 is 0 Å². The van der Waals surface area contributed by atoms with E-state index in [2.05, 4.69) is 22.3 Å². The number of rotatable bonds is 3. The monoisotopic (exact) mass is 289 g/mol. The van der Waals surface area contributed by atoms with Gasteiger partial charge in [0, 0.05) is 24.3 Å². The van der Waals surface area contributed by atoms with Crippen molar-refractivity contribution in [3.05, 3.63) is 52.8 Å². The number of hydrogen-bond donors (Lipinski definition) is 1. The predicted molar refractivity (Wildman–Crippen MR) is 77.8 cm³/mol. The fourth-order valence-corrected chi connectivity index (χ4v) is 2.81. The second kappa shape index (κ2) is 5.67. The van der Waals surface area contributed by atoms with Gasteiger partial charge in [-0.15, -0.1) is 0 Å². The molecule has 0 aliphatic carbocycles. The highest BCUT2D eigenvalue weighted by atomic mass is 35.5. The lowest BCUT2D eigenvalue weighted by Crippen LogP contribution is -2.29. The Morgan fingerprint density at radius 3 is 2.85 bits per heavy atom. The molecule has 5 heteroatoms. The van der Waals surface area contributed by atoms with Crippen molar-refractivity contribution < 1.29 is 4.79 Å². The molecule has 2 aromatic rings. The summed E-state index contributed by atoms with van der Waals surface area (Å²) in [6.07, 6.45) is 3.64. The molecule has 1 aromatic carbocycles. The Labute approximate surface area is 122 Å². The first-order valence-electron chi connectivity index (χ1n) is 6.75. The summed E-state index contributed by atoms with van der Waals surface area (Å²) in [7, 11) is 0. The summed E-state index contributed by atoms with van der Waals surface area (Å²) >= 11 is 5.89. The summed E-state index contributed by atoms with van der Waals surface area (Å²) in [5.41, 5.74) is 1.84.